The summed E-state index contributed by atoms with van der Waals surface area (Å²) in [7, 11) is 0. The molecule has 0 saturated heterocycles. The van der Waals surface area contributed by atoms with E-state index in [4.69, 9.17) is 19.2 Å². The Morgan fingerprint density at radius 2 is 1.37 bits per heavy atom. The maximum Gasteiger partial charge on any atom is 0.344 e. The molecule has 2 aromatic heterocycles. The van der Waals surface area contributed by atoms with Crippen molar-refractivity contribution in [2.45, 2.75) is 96.5 Å². The standard InChI is InChI=1S/C30H37N3O5/c1-28(2,3)37-26(34)23-24(27(35)38-29(4,5)6)30(21-16-10-12-18-31-21,22-17-11-13-19-32-22)36-25(23)33-20-14-8-7-9-15-20/h10-13,16-20H,7-9,14-15H2,1-6H3. The van der Waals surface area contributed by atoms with Crippen LogP contribution in [0.2, 0.25) is 0 Å². The lowest BCUT2D eigenvalue weighted by Crippen LogP contribution is -2.38. The van der Waals surface area contributed by atoms with Crippen LogP contribution in [0.3, 0.4) is 0 Å². The molecule has 0 spiro atoms. The lowest BCUT2D eigenvalue weighted by molar-refractivity contribution is -0.154. The number of ether oxygens (including phenoxy) is 3. The smallest absolute Gasteiger partial charge is 0.344 e. The van der Waals surface area contributed by atoms with Gasteiger partial charge in [-0.05, 0) is 78.6 Å². The molecule has 2 aromatic rings. The van der Waals surface area contributed by atoms with Gasteiger partial charge in [0.1, 0.15) is 22.3 Å². The van der Waals surface area contributed by atoms with Crippen LogP contribution < -0.4 is 0 Å². The van der Waals surface area contributed by atoms with Crippen molar-refractivity contribution in [1.82, 2.24) is 9.97 Å². The highest BCUT2D eigenvalue weighted by Crippen LogP contribution is 2.47. The summed E-state index contributed by atoms with van der Waals surface area (Å²) in [4.78, 5) is 42.0. The fourth-order valence-electron chi connectivity index (χ4n) is 4.72. The number of hydrogen-bond acceptors (Lipinski definition) is 8. The van der Waals surface area contributed by atoms with Crippen molar-refractivity contribution in [3.8, 4) is 0 Å². The molecule has 8 heteroatoms. The van der Waals surface area contributed by atoms with Gasteiger partial charge in [0.05, 0.1) is 17.4 Å². The lowest BCUT2D eigenvalue weighted by Gasteiger charge is -2.31. The third-order valence-corrected chi connectivity index (χ3v) is 6.20. The van der Waals surface area contributed by atoms with Crippen molar-refractivity contribution in [2.24, 2.45) is 4.99 Å². The maximum absolute atomic E-state index is 14.1. The Morgan fingerprint density at radius 3 is 1.84 bits per heavy atom. The number of nitrogens with zero attached hydrogens (tertiary/aromatic N) is 3. The van der Waals surface area contributed by atoms with Gasteiger partial charge < -0.3 is 14.2 Å². The molecule has 0 atom stereocenters. The molecule has 1 saturated carbocycles. The molecule has 1 aliphatic heterocycles. The van der Waals surface area contributed by atoms with E-state index in [1.54, 1.807) is 90.3 Å². The van der Waals surface area contributed by atoms with Gasteiger partial charge in [-0.1, -0.05) is 31.4 Å². The van der Waals surface area contributed by atoms with E-state index in [2.05, 4.69) is 9.97 Å². The van der Waals surface area contributed by atoms with Gasteiger partial charge in [-0.2, -0.15) is 0 Å². The Bertz CT molecular complexity index is 1180. The maximum atomic E-state index is 14.1. The van der Waals surface area contributed by atoms with Gasteiger partial charge in [0, 0.05) is 12.4 Å². The van der Waals surface area contributed by atoms with E-state index in [0.717, 1.165) is 32.1 Å². The quantitative estimate of drug-likeness (QED) is 0.484. The van der Waals surface area contributed by atoms with E-state index >= 15 is 0 Å². The fraction of sp³-hybridized carbons (Fsp3) is 0.500. The largest absolute Gasteiger partial charge is 0.456 e. The second kappa shape index (κ2) is 10.7. The topological polar surface area (TPSA) is 100.0 Å². The summed E-state index contributed by atoms with van der Waals surface area (Å²) >= 11 is 0. The molecule has 4 rings (SSSR count). The van der Waals surface area contributed by atoms with Crippen molar-refractivity contribution >= 4 is 17.8 Å². The number of aromatic nitrogens is 2. The molecule has 0 aromatic carbocycles. The lowest BCUT2D eigenvalue weighted by atomic mass is 9.84. The summed E-state index contributed by atoms with van der Waals surface area (Å²) in [6.45, 7) is 10.6. The van der Waals surface area contributed by atoms with Gasteiger partial charge in [0.15, 0.2) is 0 Å². The summed E-state index contributed by atoms with van der Waals surface area (Å²) in [5.41, 5.74) is -2.63. The highest BCUT2D eigenvalue weighted by Gasteiger charge is 2.58. The molecule has 202 valence electrons. The first-order chi connectivity index (χ1) is 17.9. The molecule has 2 aliphatic rings. The first-order valence-corrected chi connectivity index (χ1v) is 13.2. The minimum absolute atomic E-state index is 0.0337. The van der Waals surface area contributed by atoms with Crippen LogP contribution in [0.1, 0.15) is 85.0 Å². The Morgan fingerprint density at radius 1 is 0.842 bits per heavy atom. The molecular formula is C30H37N3O5. The average Bonchev–Trinajstić information content (AvgIpc) is 3.20. The number of pyridine rings is 2. The predicted molar refractivity (Wildman–Crippen MR) is 143 cm³/mol. The Hall–Kier alpha value is -3.55. The Balaban J connectivity index is 2.05. The third kappa shape index (κ3) is 5.95. The monoisotopic (exact) mass is 519 g/mol. The number of esters is 2. The summed E-state index contributed by atoms with van der Waals surface area (Å²) in [5, 5.41) is 0. The Kier molecular flexibility index (Phi) is 7.72. The number of carbonyl (C=O) groups is 2. The predicted octanol–water partition coefficient (Wildman–Crippen LogP) is 5.46. The normalized spacial score (nSPS) is 19.3. The average molecular weight is 520 g/mol. The van der Waals surface area contributed by atoms with Crippen molar-refractivity contribution in [2.75, 3.05) is 0 Å². The SMILES string of the molecule is CC(C)(C)OC(=O)C1=C(C(=O)OC(C)(C)C)C(c2ccccn2)(c2ccccn2)OC1=NC1CCCCC1. The van der Waals surface area contributed by atoms with Crippen molar-refractivity contribution in [1.29, 1.82) is 0 Å². The number of aliphatic imine (C=N–C) groups is 1. The zero-order valence-electron chi connectivity index (χ0n) is 23.1. The first kappa shape index (κ1) is 27.5. The summed E-state index contributed by atoms with van der Waals surface area (Å²) < 4.78 is 18.4. The zero-order chi connectivity index (χ0) is 27.6. The van der Waals surface area contributed by atoms with Crippen molar-refractivity contribution < 1.29 is 23.8 Å². The molecule has 3 heterocycles. The van der Waals surface area contributed by atoms with E-state index in [9.17, 15) is 9.59 Å². The molecule has 1 aliphatic carbocycles. The summed E-state index contributed by atoms with van der Waals surface area (Å²) in [5.74, 6) is -1.37. The molecule has 0 N–H and O–H groups in total. The Labute approximate surface area is 224 Å². The number of carbonyl (C=O) groups excluding carboxylic acids is 2. The minimum atomic E-state index is -1.66. The minimum Gasteiger partial charge on any atom is -0.456 e. The van der Waals surface area contributed by atoms with Crippen LogP contribution in [0.5, 0.6) is 0 Å². The van der Waals surface area contributed by atoms with Crippen LogP contribution in [-0.2, 0) is 29.4 Å². The van der Waals surface area contributed by atoms with Gasteiger partial charge in [-0.15, -0.1) is 0 Å². The summed E-state index contributed by atoms with van der Waals surface area (Å²) in [6.07, 6.45) is 8.19. The molecule has 0 radical (unpaired) electrons. The second-order valence-corrected chi connectivity index (χ2v) is 11.7. The van der Waals surface area contributed by atoms with E-state index in [1.807, 2.05) is 0 Å². The highest BCUT2D eigenvalue weighted by atomic mass is 16.6. The van der Waals surface area contributed by atoms with E-state index < -0.39 is 28.7 Å². The van der Waals surface area contributed by atoms with Gasteiger partial charge in [-0.3, -0.25) is 9.97 Å². The van der Waals surface area contributed by atoms with Crippen LogP contribution in [0, 0.1) is 0 Å². The molecule has 0 unspecified atom stereocenters. The highest BCUT2D eigenvalue weighted by molar-refractivity contribution is 6.24. The van der Waals surface area contributed by atoms with Crippen LogP contribution in [-0.4, -0.2) is 45.0 Å². The summed E-state index contributed by atoms with van der Waals surface area (Å²) in [6, 6.07) is 10.6. The second-order valence-electron chi connectivity index (χ2n) is 11.7. The molecular weight excluding hydrogens is 482 g/mol. The van der Waals surface area contributed by atoms with Gasteiger partial charge >= 0.3 is 11.9 Å². The molecule has 1 fully saturated rings. The van der Waals surface area contributed by atoms with Gasteiger partial charge in [0.25, 0.3) is 0 Å². The third-order valence-electron chi connectivity index (χ3n) is 6.20. The first-order valence-electron chi connectivity index (χ1n) is 13.2. The van der Waals surface area contributed by atoms with Gasteiger partial charge in [0.2, 0.25) is 11.5 Å². The van der Waals surface area contributed by atoms with Crippen LogP contribution in [0.15, 0.2) is 64.9 Å². The number of rotatable bonds is 5. The van der Waals surface area contributed by atoms with Gasteiger partial charge in [-0.25, -0.2) is 14.6 Å². The number of hydrogen-bond donors (Lipinski definition) is 0. The van der Waals surface area contributed by atoms with Crippen molar-refractivity contribution in [3.05, 3.63) is 71.3 Å². The van der Waals surface area contributed by atoms with Crippen molar-refractivity contribution in [3.63, 3.8) is 0 Å². The zero-order valence-corrected chi connectivity index (χ0v) is 23.1. The molecule has 0 bridgehead atoms. The van der Waals surface area contributed by atoms with E-state index in [1.165, 1.54) is 0 Å². The fourth-order valence-corrected chi connectivity index (χ4v) is 4.72. The van der Waals surface area contributed by atoms with Crippen LogP contribution >= 0.6 is 0 Å². The molecule has 0 amide bonds. The van der Waals surface area contributed by atoms with E-state index in [0.29, 0.717) is 11.4 Å². The van der Waals surface area contributed by atoms with Crippen LogP contribution in [0.25, 0.3) is 0 Å². The molecule has 38 heavy (non-hydrogen) atoms. The van der Waals surface area contributed by atoms with Crippen LogP contribution in [0.4, 0.5) is 0 Å². The molecule has 8 nitrogen and oxygen atoms in total. The van der Waals surface area contributed by atoms with E-state index in [-0.39, 0.29) is 23.1 Å².